The van der Waals surface area contributed by atoms with Crippen LogP contribution in [-0.2, 0) is 4.74 Å². The van der Waals surface area contributed by atoms with E-state index in [0.29, 0.717) is 12.1 Å². The summed E-state index contributed by atoms with van der Waals surface area (Å²) in [6.07, 6.45) is 5.85. The lowest BCUT2D eigenvalue weighted by atomic mass is 9.71. The first kappa shape index (κ1) is 13.4. The summed E-state index contributed by atoms with van der Waals surface area (Å²) in [5, 5.41) is 3.56. The molecule has 0 bridgehead atoms. The van der Waals surface area contributed by atoms with Gasteiger partial charge in [-0.05, 0) is 56.4 Å². The van der Waals surface area contributed by atoms with Gasteiger partial charge in [-0.2, -0.15) is 0 Å². The first-order chi connectivity index (χ1) is 8.11. The van der Waals surface area contributed by atoms with Gasteiger partial charge in [-0.25, -0.2) is 0 Å². The number of hydrogen-bond acceptors (Lipinski definition) is 2. The summed E-state index contributed by atoms with van der Waals surface area (Å²) in [5.74, 6) is 3.30. The van der Waals surface area contributed by atoms with Crippen LogP contribution in [0.5, 0.6) is 0 Å². The maximum absolute atomic E-state index is 5.98. The zero-order valence-corrected chi connectivity index (χ0v) is 11.9. The Balaban J connectivity index is 2.01. The molecule has 1 heterocycles. The van der Waals surface area contributed by atoms with Crippen molar-refractivity contribution in [1.82, 2.24) is 5.32 Å². The lowest BCUT2D eigenvalue weighted by Gasteiger charge is -2.39. The summed E-state index contributed by atoms with van der Waals surface area (Å²) in [5.41, 5.74) is 0. The van der Waals surface area contributed by atoms with Crippen molar-refractivity contribution in [3.05, 3.63) is 0 Å². The third-order valence-corrected chi connectivity index (χ3v) is 4.85. The van der Waals surface area contributed by atoms with E-state index in [4.69, 9.17) is 4.74 Å². The van der Waals surface area contributed by atoms with Crippen LogP contribution in [0.3, 0.4) is 0 Å². The van der Waals surface area contributed by atoms with E-state index in [0.717, 1.165) is 30.3 Å². The predicted octanol–water partition coefficient (Wildman–Crippen LogP) is 3.07. The van der Waals surface area contributed by atoms with Gasteiger partial charge in [0, 0.05) is 12.6 Å². The van der Waals surface area contributed by atoms with Crippen molar-refractivity contribution >= 4 is 0 Å². The molecule has 17 heavy (non-hydrogen) atoms. The van der Waals surface area contributed by atoms with E-state index in [2.05, 4.69) is 33.1 Å². The Morgan fingerprint density at radius 1 is 1.06 bits per heavy atom. The fraction of sp³-hybridized carbons (Fsp3) is 1.00. The average molecular weight is 239 g/mol. The van der Waals surface area contributed by atoms with Crippen LogP contribution in [0, 0.1) is 23.7 Å². The summed E-state index contributed by atoms with van der Waals surface area (Å²) >= 11 is 0. The van der Waals surface area contributed by atoms with Gasteiger partial charge >= 0.3 is 0 Å². The monoisotopic (exact) mass is 239 g/mol. The summed E-state index contributed by atoms with van der Waals surface area (Å²) in [6, 6.07) is 0.567. The van der Waals surface area contributed by atoms with Crippen LogP contribution in [-0.4, -0.2) is 25.8 Å². The van der Waals surface area contributed by atoms with Gasteiger partial charge in [0.15, 0.2) is 0 Å². The predicted molar refractivity (Wildman–Crippen MR) is 72.0 cm³/mol. The molecule has 1 saturated carbocycles. The standard InChI is InChI=1S/C15H29NO/c1-10-7-11(2)9-13(8-10)14(16-4)15-12(3)5-6-17-15/h10-16H,5-9H2,1-4H3. The van der Waals surface area contributed by atoms with E-state index >= 15 is 0 Å². The molecule has 0 spiro atoms. The van der Waals surface area contributed by atoms with Gasteiger partial charge in [0.05, 0.1) is 6.10 Å². The molecular weight excluding hydrogens is 210 g/mol. The van der Waals surface area contributed by atoms with Crippen LogP contribution in [0.25, 0.3) is 0 Å². The zero-order chi connectivity index (χ0) is 12.4. The molecule has 100 valence electrons. The maximum Gasteiger partial charge on any atom is 0.0756 e. The van der Waals surface area contributed by atoms with Crippen molar-refractivity contribution in [2.45, 2.75) is 58.6 Å². The lowest BCUT2D eigenvalue weighted by molar-refractivity contribution is 0.0257. The number of hydrogen-bond donors (Lipinski definition) is 1. The Labute approximate surface area is 107 Å². The van der Waals surface area contributed by atoms with Gasteiger partial charge in [0.25, 0.3) is 0 Å². The Kier molecular flexibility index (Phi) is 4.48. The van der Waals surface area contributed by atoms with Crippen molar-refractivity contribution in [3.8, 4) is 0 Å². The highest BCUT2D eigenvalue weighted by Crippen LogP contribution is 2.38. The highest BCUT2D eigenvalue weighted by molar-refractivity contribution is 4.91. The molecule has 0 radical (unpaired) electrons. The highest BCUT2D eigenvalue weighted by atomic mass is 16.5. The van der Waals surface area contributed by atoms with Gasteiger partial charge in [-0.15, -0.1) is 0 Å². The van der Waals surface area contributed by atoms with Crippen molar-refractivity contribution in [1.29, 1.82) is 0 Å². The van der Waals surface area contributed by atoms with Crippen LogP contribution in [0.15, 0.2) is 0 Å². The SMILES string of the molecule is CNC(C1CC(C)CC(C)C1)C1OCCC1C. The van der Waals surface area contributed by atoms with Gasteiger partial charge in [0.2, 0.25) is 0 Å². The molecular formula is C15H29NO. The van der Waals surface area contributed by atoms with Crippen LogP contribution >= 0.6 is 0 Å². The minimum atomic E-state index is 0.447. The highest BCUT2D eigenvalue weighted by Gasteiger charge is 2.38. The fourth-order valence-corrected chi connectivity index (χ4v) is 4.15. The third-order valence-electron chi connectivity index (χ3n) is 4.85. The quantitative estimate of drug-likeness (QED) is 0.817. The molecule has 2 fully saturated rings. The number of rotatable bonds is 3. The van der Waals surface area contributed by atoms with Gasteiger partial charge in [0.1, 0.15) is 0 Å². The Morgan fingerprint density at radius 3 is 2.18 bits per heavy atom. The number of nitrogens with one attached hydrogen (secondary N) is 1. The van der Waals surface area contributed by atoms with E-state index in [1.807, 2.05) is 0 Å². The van der Waals surface area contributed by atoms with Crippen molar-refractivity contribution < 1.29 is 4.74 Å². The molecule has 5 atom stereocenters. The van der Waals surface area contributed by atoms with Crippen LogP contribution in [0.2, 0.25) is 0 Å². The number of likely N-dealkylation sites (N-methyl/N-ethyl adjacent to an activating group) is 1. The van der Waals surface area contributed by atoms with E-state index in [1.54, 1.807) is 0 Å². The summed E-state index contributed by atoms with van der Waals surface area (Å²) < 4.78 is 5.98. The molecule has 1 N–H and O–H groups in total. The van der Waals surface area contributed by atoms with Crippen LogP contribution in [0.4, 0.5) is 0 Å². The second kappa shape index (κ2) is 5.71. The molecule has 1 aliphatic heterocycles. The van der Waals surface area contributed by atoms with E-state index in [-0.39, 0.29) is 0 Å². The minimum Gasteiger partial charge on any atom is -0.376 e. The van der Waals surface area contributed by atoms with Crippen LogP contribution in [0.1, 0.15) is 46.5 Å². The zero-order valence-electron chi connectivity index (χ0n) is 11.9. The smallest absolute Gasteiger partial charge is 0.0756 e. The average Bonchev–Trinajstić information content (AvgIpc) is 2.65. The topological polar surface area (TPSA) is 21.3 Å². The van der Waals surface area contributed by atoms with Crippen LogP contribution < -0.4 is 5.32 Å². The minimum absolute atomic E-state index is 0.447. The van der Waals surface area contributed by atoms with Crippen molar-refractivity contribution in [2.24, 2.45) is 23.7 Å². The molecule has 2 heteroatoms. The van der Waals surface area contributed by atoms with Gasteiger partial charge < -0.3 is 10.1 Å². The molecule has 0 aromatic carbocycles. The summed E-state index contributed by atoms with van der Waals surface area (Å²) in [7, 11) is 2.11. The molecule has 2 nitrogen and oxygen atoms in total. The molecule has 5 unspecified atom stereocenters. The maximum atomic E-state index is 5.98. The molecule has 0 aromatic rings. The Morgan fingerprint density at radius 2 is 1.71 bits per heavy atom. The third kappa shape index (κ3) is 3.03. The summed E-state index contributed by atoms with van der Waals surface area (Å²) in [4.78, 5) is 0. The van der Waals surface area contributed by atoms with E-state index in [9.17, 15) is 0 Å². The Hall–Kier alpha value is -0.0800. The number of ether oxygens (including phenoxy) is 1. The second-order valence-electron chi connectivity index (χ2n) is 6.59. The van der Waals surface area contributed by atoms with Crippen molar-refractivity contribution in [2.75, 3.05) is 13.7 Å². The fourth-order valence-electron chi connectivity index (χ4n) is 4.15. The van der Waals surface area contributed by atoms with E-state index < -0.39 is 0 Å². The Bertz CT molecular complexity index is 233. The normalized spacial score (nSPS) is 44.8. The molecule has 0 aromatic heterocycles. The lowest BCUT2D eigenvalue weighted by Crippen LogP contribution is -2.47. The summed E-state index contributed by atoms with van der Waals surface area (Å²) in [6.45, 7) is 8.13. The molecule has 0 amide bonds. The molecule has 2 aliphatic rings. The van der Waals surface area contributed by atoms with E-state index in [1.165, 1.54) is 25.7 Å². The van der Waals surface area contributed by atoms with Gasteiger partial charge in [-0.1, -0.05) is 20.8 Å². The first-order valence-electron chi connectivity index (χ1n) is 7.40. The largest absolute Gasteiger partial charge is 0.376 e. The molecule has 1 saturated heterocycles. The first-order valence-corrected chi connectivity index (χ1v) is 7.40. The molecule has 1 aliphatic carbocycles. The van der Waals surface area contributed by atoms with Crippen molar-refractivity contribution in [3.63, 3.8) is 0 Å². The second-order valence-corrected chi connectivity index (χ2v) is 6.59. The molecule has 2 rings (SSSR count). The van der Waals surface area contributed by atoms with Gasteiger partial charge in [-0.3, -0.25) is 0 Å².